The number of anilines is 2. The number of hydrogen-bond acceptors (Lipinski definition) is 5. The standard InChI is InChI=1S/C27H30FN5O/c28-25-16-21(6-7-22(25)18-29)26-17-27(30-19-20-4-2-1-3-5-20)31-33(26)24-10-8-23(9-11-24)32-12-14-34-15-13-32/h6-11,16-17,20H,1-5,12-15,19H2,(H,30,31). The first-order chi connectivity index (χ1) is 16.7. The lowest BCUT2D eigenvalue weighted by atomic mass is 9.89. The highest BCUT2D eigenvalue weighted by molar-refractivity contribution is 5.67. The van der Waals surface area contributed by atoms with Gasteiger partial charge in [0.05, 0.1) is 30.2 Å². The average Bonchev–Trinajstić information content (AvgIpc) is 3.33. The fraction of sp³-hybridized carbons (Fsp3) is 0.407. The molecule has 1 saturated heterocycles. The number of morpholine rings is 1. The second kappa shape index (κ2) is 10.3. The van der Waals surface area contributed by atoms with Crippen molar-refractivity contribution in [2.45, 2.75) is 32.1 Å². The van der Waals surface area contributed by atoms with E-state index < -0.39 is 5.82 Å². The average molecular weight is 460 g/mol. The summed E-state index contributed by atoms with van der Waals surface area (Å²) in [6.07, 6.45) is 6.44. The Labute approximate surface area is 200 Å². The van der Waals surface area contributed by atoms with Crippen molar-refractivity contribution >= 4 is 11.5 Å². The first kappa shape index (κ1) is 22.4. The van der Waals surface area contributed by atoms with Gasteiger partial charge in [-0.05, 0) is 55.2 Å². The molecule has 2 aliphatic rings. The van der Waals surface area contributed by atoms with Gasteiger partial charge in [-0.2, -0.15) is 5.26 Å². The van der Waals surface area contributed by atoms with E-state index in [1.807, 2.05) is 29.0 Å². The van der Waals surface area contributed by atoms with Crippen molar-refractivity contribution < 1.29 is 9.13 Å². The molecule has 176 valence electrons. The van der Waals surface area contributed by atoms with Crippen LogP contribution < -0.4 is 10.2 Å². The van der Waals surface area contributed by atoms with Crippen LogP contribution in [0.5, 0.6) is 0 Å². The number of benzene rings is 2. The molecule has 2 fully saturated rings. The molecule has 7 heteroatoms. The van der Waals surface area contributed by atoms with Crippen LogP contribution in [-0.4, -0.2) is 42.6 Å². The van der Waals surface area contributed by atoms with Gasteiger partial charge in [-0.25, -0.2) is 9.07 Å². The summed E-state index contributed by atoms with van der Waals surface area (Å²) in [4.78, 5) is 2.31. The van der Waals surface area contributed by atoms with Crippen LogP contribution >= 0.6 is 0 Å². The molecule has 3 aromatic rings. The van der Waals surface area contributed by atoms with Crippen LogP contribution in [0.15, 0.2) is 48.5 Å². The molecule has 0 radical (unpaired) electrons. The minimum Gasteiger partial charge on any atom is -0.378 e. The van der Waals surface area contributed by atoms with Crippen LogP contribution in [0, 0.1) is 23.1 Å². The zero-order chi connectivity index (χ0) is 23.3. The number of rotatable bonds is 6. The summed E-state index contributed by atoms with van der Waals surface area (Å²) in [7, 11) is 0. The molecule has 0 bridgehead atoms. The third-order valence-electron chi connectivity index (χ3n) is 6.86. The van der Waals surface area contributed by atoms with Crippen molar-refractivity contribution in [3.63, 3.8) is 0 Å². The first-order valence-electron chi connectivity index (χ1n) is 12.2. The number of halogens is 1. The summed E-state index contributed by atoms with van der Waals surface area (Å²) >= 11 is 0. The first-order valence-corrected chi connectivity index (χ1v) is 12.2. The highest BCUT2D eigenvalue weighted by Gasteiger charge is 2.17. The van der Waals surface area contributed by atoms with E-state index in [2.05, 4.69) is 22.3 Å². The fourth-order valence-electron chi connectivity index (χ4n) is 4.90. The van der Waals surface area contributed by atoms with Gasteiger partial charge >= 0.3 is 0 Å². The highest BCUT2D eigenvalue weighted by atomic mass is 19.1. The maximum Gasteiger partial charge on any atom is 0.149 e. The quantitative estimate of drug-likeness (QED) is 0.536. The molecule has 0 spiro atoms. The molecule has 5 rings (SSSR count). The van der Waals surface area contributed by atoms with E-state index in [0.717, 1.165) is 55.7 Å². The Morgan fingerprint density at radius 3 is 2.44 bits per heavy atom. The molecule has 1 aliphatic carbocycles. The lowest BCUT2D eigenvalue weighted by Crippen LogP contribution is -2.36. The molecule has 2 aromatic carbocycles. The predicted octanol–water partition coefficient (Wildman–Crippen LogP) is 5.38. The number of nitrogens with one attached hydrogen (secondary N) is 1. The molecule has 0 atom stereocenters. The van der Waals surface area contributed by atoms with Gasteiger partial charge in [-0.3, -0.25) is 0 Å². The maximum atomic E-state index is 14.4. The predicted molar refractivity (Wildman–Crippen MR) is 132 cm³/mol. The van der Waals surface area contributed by atoms with Crippen LogP contribution in [0.25, 0.3) is 16.9 Å². The van der Waals surface area contributed by atoms with Gasteiger partial charge in [0, 0.05) is 37.0 Å². The minimum absolute atomic E-state index is 0.0420. The topological polar surface area (TPSA) is 66.1 Å². The fourth-order valence-corrected chi connectivity index (χ4v) is 4.90. The maximum absolute atomic E-state index is 14.4. The van der Waals surface area contributed by atoms with Crippen LogP contribution in [0.2, 0.25) is 0 Å². The zero-order valence-electron chi connectivity index (χ0n) is 19.3. The van der Waals surface area contributed by atoms with Crippen LogP contribution in [0.4, 0.5) is 15.9 Å². The summed E-state index contributed by atoms with van der Waals surface area (Å²) in [5.41, 5.74) is 3.57. The molecular weight excluding hydrogens is 429 g/mol. The van der Waals surface area contributed by atoms with Crippen molar-refractivity contribution in [2.24, 2.45) is 5.92 Å². The second-order valence-electron chi connectivity index (χ2n) is 9.13. The molecule has 2 heterocycles. The van der Waals surface area contributed by atoms with Crippen molar-refractivity contribution in [1.82, 2.24) is 9.78 Å². The molecule has 34 heavy (non-hydrogen) atoms. The van der Waals surface area contributed by atoms with Gasteiger partial charge in [0.1, 0.15) is 17.7 Å². The third kappa shape index (κ3) is 4.92. The van der Waals surface area contributed by atoms with Crippen LogP contribution in [-0.2, 0) is 4.74 Å². The number of aromatic nitrogens is 2. The largest absolute Gasteiger partial charge is 0.378 e. The number of nitriles is 1. The van der Waals surface area contributed by atoms with Gasteiger partial charge in [-0.15, -0.1) is 5.10 Å². The smallest absolute Gasteiger partial charge is 0.149 e. The van der Waals surface area contributed by atoms with Gasteiger partial charge in [-0.1, -0.05) is 25.3 Å². The number of hydrogen-bond donors (Lipinski definition) is 1. The Kier molecular flexibility index (Phi) is 6.77. The van der Waals surface area contributed by atoms with E-state index in [0.29, 0.717) is 11.5 Å². The Bertz CT molecular complexity index is 1150. The summed E-state index contributed by atoms with van der Waals surface area (Å²) in [5, 5.41) is 17.5. The van der Waals surface area contributed by atoms with Crippen molar-refractivity contribution in [1.29, 1.82) is 5.26 Å². The minimum atomic E-state index is -0.521. The molecular formula is C27H30FN5O. The number of ether oxygens (including phenoxy) is 1. The van der Waals surface area contributed by atoms with Gasteiger partial charge < -0.3 is 15.0 Å². The molecule has 1 saturated carbocycles. The highest BCUT2D eigenvalue weighted by Crippen LogP contribution is 2.30. The Balaban J connectivity index is 1.44. The van der Waals surface area contributed by atoms with Crippen molar-refractivity contribution in [2.75, 3.05) is 43.1 Å². The van der Waals surface area contributed by atoms with E-state index >= 15 is 0 Å². The molecule has 0 unspecified atom stereocenters. The van der Waals surface area contributed by atoms with E-state index in [9.17, 15) is 4.39 Å². The van der Waals surface area contributed by atoms with E-state index in [4.69, 9.17) is 15.1 Å². The van der Waals surface area contributed by atoms with Gasteiger partial charge in [0.2, 0.25) is 0 Å². The lowest BCUT2D eigenvalue weighted by molar-refractivity contribution is 0.122. The SMILES string of the molecule is N#Cc1ccc(-c2cc(NCC3CCCCC3)nn2-c2ccc(N3CCOCC3)cc2)cc1F. The van der Waals surface area contributed by atoms with E-state index in [1.54, 1.807) is 6.07 Å². The Morgan fingerprint density at radius 1 is 1.00 bits per heavy atom. The lowest BCUT2D eigenvalue weighted by Gasteiger charge is -2.28. The molecule has 1 N–H and O–H groups in total. The molecule has 6 nitrogen and oxygen atoms in total. The summed E-state index contributed by atoms with van der Waals surface area (Å²) in [6, 6.07) is 16.9. The summed E-state index contributed by atoms with van der Waals surface area (Å²) in [5.74, 6) is 0.928. The normalized spacial score (nSPS) is 16.9. The van der Waals surface area contributed by atoms with Crippen molar-refractivity contribution in [3.05, 3.63) is 59.9 Å². The molecule has 1 aliphatic heterocycles. The molecule has 1 aromatic heterocycles. The number of nitrogens with zero attached hydrogens (tertiary/aromatic N) is 4. The van der Waals surface area contributed by atoms with E-state index in [1.165, 1.54) is 44.2 Å². The van der Waals surface area contributed by atoms with Crippen molar-refractivity contribution in [3.8, 4) is 23.0 Å². The third-order valence-corrected chi connectivity index (χ3v) is 6.86. The summed E-state index contributed by atoms with van der Waals surface area (Å²) < 4.78 is 21.8. The van der Waals surface area contributed by atoms with Gasteiger partial charge in [0.25, 0.3) is 0 Å². The van der Waals surface area contributed by atoms with Gasteiger partial charge in [0.15, 0.2) is 0 Å². The zero-order valence-corrected chi connectivity index (χ0v) is 19.3. The summed E-state index contributed by atoms with van der Waals surface area (Å²) in [6.45, 7) is 4.14. The van der Waals surface area contributed by atoms with Crippen LogP contribution in [0.1, 0.15) is 37.7 Å². The van der Waals surface area contributed by atoms with Crippen LogP contribution in [0.3, 0.4) is 0 Å². The molecule has 0 amide bonds. The second-order valence-corrected chi connectivity index (χ2v) is 9.13. The Morgan fingerprint density at radius 2 is 1.74 bits per heavy atom. The monoisotopic (exact) mass is 459 g/mol. The van der Waals surface area contributed by atoms with E-state index in [-0.39, 0.29) is 5.56 Å². The Hall–Kier alpha value is -3.37.